The molecule has 4 rings (SSSR count). The number of aryl methyl sites for hydroxylation is 1. The Morgan fingerprint density at radius 2 is 1.93 bits per heavy atom. The fourth-order valence-electron chi connectivity index (χ4n) is 3.51. The number of anilines is 1. The summed E-state index contributed by atoms with van der Waals surface area (Å²) in [5.41, 5.74) is 1.69. The second kappa shape index (κ2) is 7.84. The molecule has 146 valence electrons. The van der Waals surface area contributed by atoms with Crippen LogP contribution in [0.15, 0.2) is 42.5 Å². The fraction of sp³-hybridized carbons (Fsp3) is 0.400. The summed E-state index contributed by atoms with van der Waals surface area (Å²) in [4.78, 5) is 30.4. The summed E-state index contributed by atoms with van der Waals surface area (Å²) < 4.78 is 5.82. The quantitative estimate of drug-likeness (QED) is 0.788. The number of urea groups is 1. The highest BCUT2D eigenvalue weighted by Crippen LogP contribution is 2.21. The molecule has 0 N–H and O–H groups in total. The molecule has 1 atom stereocenters. The number of rotatable bonds is 5. The third kappa shape index (κ3) is 3.90. The Morgan fingerprint density at radius 3 is 2.68 bits per heavy atom. The molecule has 0 spiro atoms. The predicted octanol–water partition coefficient (Wildman–Crippen LogP) is 1.71. The van der Waals surface area contributed by atoms with Gasteiger partial charge in [-0.3, -0.25) is 9.69 Å². The van der Waals surface area contributed by atoms with Crippen molar-refractivity contribution in [3.63, 3.8) is 0 Å². The first-order valence-electron chi connectivity index (χ1n) is 9.46. The van der Waals surface area contributed by atoms with Crippen molar-refractivity contribution in [3.05, 3.63) is 48.2 Å². The van der Waals surface area contributed by atoms with Crippen molar-refractivity contribution in [3.8, 4) is 5.88 Å². The minimum atomic E-state index is -0.124. The highest BCUT2D eigenvalue weighted by atomic mass is 16.5. The number of para-hydroxylation sites is 1. The van der Waals surface area contributed by atoms with Gasteiger partial charge in [0.15, 0.2) is 0 Å². The molecule has 8 heteroatoms. The van der Waals surface area contributed by atoms with Gasteiger partial charge in [0.1, 0.15) is 12.6 Å². The van der Waals surface area contributed by atoms with E-state index < -0.39 is 0 Å². The SMILES string of the molecule is Cc1ccc(OC2CCN(C(=O)CN3CCN(c4ccccc4)C3=O)C2)nn1. The lowest BCUT2D eigenvalue weighted by Crippen LogP contribution is -2.42. The van der Waals surface area contributed by atoms with Gasteiger partial charge in [-0.05, 0) is 25.1 Å². The topological polar surface area (TPSA) is 78.9 Å². The number of likely N-dealkylation sites (tertiary alicyclic amines) is 1. The van der Waals surface area contributed by atoms with E-state index in [0.717, 1.165) is 17.8 Å². The van der Waals surface area contributed by atoms with Crippen molar-refractivity contribution in [1.29, 1.82) is 0 Å². The highest BCUT2D eigenvalue weighted by Gasteiger charge is 2.34. The van der Waals surface area contributed by atoms with Gasteiger partial charge < -0.3 is 14.5 Å². The molecule has 3 amide bonds. The van der Waals surface area contributed by atoms with Crippen LogP contribution >= 0.6 is 0 Å². The van der Waals surface area contributed by atoms with Crippen molar-refractivity contribution >= 4 is 17.6 Å². The molecule has 8 nitrogen and oxygen atoms in total. The van der Waals surface area contributed by atoms with Gasteiger partial charge in [0.05, 0.1) is 12.2 Å². The van der Waals surface area contributed by atoms with Gasteiger partial charge in [0, 0.05) is 37.8 Å². The molecule has 2 aliphatic heterocycles. The molecule has 1 aromatic heterocycles. The van der Waals surface area contributed by atoms with Crippen molar-refractivity contribution in [1.82, 2.24) is 20.0 Å². The van der Waals surface area contributed by atoms with Crippen LogP contribution in [-0.4, -0.2) is 70.8 Å². The number of carbonyl (C=O) groups is 2. The van der Waals surface area contributed by atoms with Crippen LogP contribution in [0.1, 0.15) is 12.1 Å². The van der Waals surface area contributed by atoms with Gasteiger partial charge in [0.25, 0.3) is 0 Å². The average Bonchev–Trinajstić information content (AvgIpc) is 3.32. The number of nitrogens with zero attached hydrogens (tertiary/aromatic N) is 5. The van der Waals surface area contributed by atoms with E-state index >= 15 is 0 Å². The van der Waals surface area contributed by atoms with Crippen LogP contribution in [0.3, 0.4) is 0 Å². The summed E-state index contributed by atoms with van der Waals surface area (Å²) in [5.74, 6) is 0.419. The second-order valence-corrected chi connectivity index (χ2v) is 7.07. The number of hydrogen-bond acceptors (Lipinski definition) is 5. The summed E-state index contributed by atoms with van der Waals surface area (Å²) >= 11 is 0. The molecule has 3 heterocycles. The van der Waals surface area contributed by atoms with Crippen molar-refractivity contribution in [2.45, 2.75) is 19.4 Å². The van der Waals surface area contributed by atoms with Crippen LogP contribution in [-0.2, 0) is 4.79 Å². The van der Waals surface area contributed by atoms with E-state index in [0.29, 0.717) is 32.1 Å². The Labute approximate surface area is 163 Å². The van der Waals surface area contributed by atoms with Gasteiger partial charge in [-0.2, -0.15) is 5.10 Å². The summed E-state index contributed by atoms with van der Waals surface area (Å²) in [6, 6.07) is 13.0. The highest BCUT2D eigenvalue weighted by molar-refractivity contribution is 5.96. The number of ether oxygens (including phenoxy) is 1. The molecule has 0 aliphatic carbocycles. The lowest BCUT2D eigenvalue weighted by atomic mass is 10.3. The van der Waals surface area contributed by atoms with Crippen molar-refractivity contribution in [2.24, 2.45) is 0 Å². The Bertz CT molecular complexity index is 843. The Hall–Kier alpha value is -3.16. The minimum absolute atomic E-state index is 0.0515. The van der Waals surface area contributed by atoms with Gasteiger partial charge in [0.2, 0.25) is 11.8 Å². The maximum absolute atomic E-state index is 12.7. The molecule has 2 aliphatic rings. The zero-order valence-corrected chi connectivity index (χ0v) is 15.8. The van der Waals surface area contributed by atoms with E-state index in [2.05, 4.69) is 10.2 Å². The molecule has 0 radical (unpaired) electrons. The number of hydrogen-bond donors (Lipinski definition) is 0. The molecule has 0 bridgehead atoms. The van der Waals surface area contributed by atoms with Gasteiger partial charge in [-0.25, -0.2) is 4.79 Å². The average molecular weight is 381 g/mol. The van der Waals surface area contributed by atoms with Gasteiger partial charge >= 0.3 is 6.03 Å². The molecule has 2 fully saturated rings. The number of aromatic nitrogens is 2. The number of carbonyl (C=O) groups excluding carboxylic acids is 2. The third-order valence-corrected chi connectivity index (χ3v) is 5.05. The van der Waals surface area contributed by atoms with E-state index in [-0.39, 0.29) is 24.6 Å². The fourth-order valence-corrected chi connectivity index (χ4v) is 3.51. The minimum Gasteiger partial charge on any atom is -0.471 e. The zero-order valence-electron chi connectivity index (χ0n) is 15.8. The molecular formula is C20H23N5O3. The first-order chi connectivity index (χ1) is 13.6. The standard InChI is InChI=1S/C20H23N5O3/c1-15-7-8-18(22-21-15)28-17-9-10-23(13-17)19(26)14-24-11-12-25(20(24)27)16-5-3-2-4-6-16/h2-8,17H,9-14H2,1H3. The van der Waals surface area contributed by atoms with E-state index in [9.17, 15) is 9.59 Å². The zero-order chi connectivity index (χ0) is 19.5. The third-order valence-electron chi connectivity index (χ3n) is 5.05. The molecular weight excluding hydrogens is 358 g/mol. The van der Waals surface area contributed by atoms with E-state index in [1.54, 1.807) is 20.8 Å². The molecule has 2 saturated heterocycles. The van der Waals surface area contributed by atoms with Crippen molar-refractivity contribution < 1.29 is 14.3 Å². The Kier molecular flexibility index (Phi) is 5.10. The van der Waals surface area contributed by atoms with Crippen LogP contribution in [0.4, 0.5) is 10.5 Å². The lowest BCUT2D eigenvalue weighted by Gasteiger charge is -2.22. The van der Waals surface area contributed by atoms with Gasteiger partial charge in [-0.15, -0.1) is 5.10 Å². The molecule has 2 aromatic rings. The lowest BCUT2D eigenvalue weighted by molar-refractivity contribution is -0.130. The Balaban J connectivity index is 1.30. The van der Waals surface area contributed by atoms with Crippen LogP contribution in [0, 0.1) is 6.92 Å². The summed E-state index contributed by atoms with van der Waals surface area (Å²) in [5, 5.41) is 7.99. The normalized spacial score (nSPS) is 19.4. The number of benzene rings is 1. The molecule has 1 unspecified atom stereocenters. The Morgan fingerprint density at radius 1 is 1.11 bits per heavy atom. The van der Waals surface area contributed by atoms with Crippen LogP contribution in [0.25, 0.3) is 0 Å². The van der Waals surface area contributed by atoms with E-state index in [4.69, 9.17) is 4.74 Å². The monoisotopic (exact) mass is 381 g/mol. The first kappa shape index (κ1) is 18.2. The molecule has 28 heavy (non-hydrogen) atoms. The molecule has 0 saturated carbocycles. The largest absolute Gasteiger partial charge is 0.471 e. The maximum atomic E-state index is 12.7. The van der Waals surface area contributed by atoms with E-state index in [1.165, 1.54) is 0 Å². The maximum Gasteiger partial charge on any atom is 0.325 e. The number of amides is 3. The summed E-state index contributed by atoms with van der Waals surface area (Å²) in [6.45, 7) is 4.22. The van der Waals surface area contributed by atoms with Crippen molar-refractivity contribution in [2.75, 3.05) is 37.6 Å². The van der Waals surface area contributed by atoms with Gasteiger partial charge in [-0.1, -0.05) is 18.2 Å². The van der Waals surface area contributed by atoms with Crippen LogP contribution < -0.4 is 9.64 Å². The van der Waals surface area contributed by atoms with E-state index in [1.807, 2.05) is 43.3 Å². The van der Waals surface area contributed by atoms with Crippen LogP contribution in [0.2, 0.25) is 0 Å². The summed E-state index contributed by atoms with van der Waals surface area (Å²) in [7, 11) is 0. The molecule has 1 aromatic carbocycles. The second-order valence-electron chi connectivity index (χ2n) is 7.07. The first-order valence-corrected chi connectivity index (χ1v) is 9.46. The smallest absolute Gasteiger partial charge is 0.325 e. The predicted molar refractivity (Wildman–Crippen MR) is 103 cm³/mol. The summed E-state index contributed by atoms with van der Waals surface area (Å²) in [6.07, 6.45) is 0.641. The van der Waals surface area contributed by atoms with Crippen LogP contribution in [0.5, 0.6) is 5.88 Å².